The highest BCUT2D eigenvalue weighted by Crippen LogP contribution is 2.13. The van der Waals surface area contributed by atoms with Crippen LogP contribution in [0.1, 0.15) is 25.7 Å². The Balaban J connectivity index is 2.07. The molecule has 1 saturated heterocycles. The van der Waals surface area contributed by atoms with Crippen molar-refractivity contribution in [1.29, 1.82) is 0 Å². The van der Waals surface area contributed by atoms with Gasteiger partial charge in [-0.1, -0.05) is 0 Å². The predicted octanol–water partition coefficient (Wildman–Crippen LogP) is 0.939. The number of ether oxygens (including phenoxy) is 2. The first kappa shape index (κ1) is 12.4. The molecular formula is C10H19NO4. The Bertz CT molecular complexity index is 192. The summed E-state index contributed by atoms with van der Waals surface area (Å²) in [6, 6.07) is 0. The zero-order valence-corrected chi connectivity index (χ0v) is 9.40. The molecule has 0 aromatic rings. The van der Waals surface area contributed by atoms with Crippen LogP contribution in [0, 0.1) is 0 Å². The molecule has 0 aromatic carbocycles. The highest BCUT2D eigenvalue weighted by molar-refractivity contribution is 5.74. The van der Waals surface area contributed by atoms with Gasteiger partial charge >= 0.3 is 0 Å². The second-order valence-corrected chi connectivity index (χ2v) is 3.49. The van der Waals surface area contributed by atoms with E-state index < -0.39 is 0 Å². The fourth-order valence-electron chi connectivity index (χ4n) is 1.38. The Morgan fingerprint density at radius 1 is 1.53 bits per heavy atom. The third kappa shape index (κ3) is 4.59. The lowest BCUT2D eigenvalue weighted by Gasteiger charge is -2.22. The monoisotopic (exact) mass is 217 g/mol. The third-order valence-electron chi connectivity index (χ3n) is 2.38. The third-order valence-corrected chi connectivity index (χ3v) is 2.38. The van der Waals surface area contributed by atoms with Crippen molar-refractivity contribution < 1.29 is 19.1 Å². The van der Waals surface area contributed by atoms with Crippen LogP contribution in [0.3, 0.4) is 0 Å². The first-order valence-electron chi connectivity index (χ1n) is 5.28. The Morgan fingerprint density at radius 3 is 2.93 bits per heavy atom. The molecule has 5 nitrogen and oxygen atoms in total. The Morgan fingerprint density at radius 2 is 2.33 bits per heavy atom. The Hall–Kier alpha value is -0.650. The number of rotatable bonds is 5. The van der Waals surface area contributed by atoms with Gasteiger partial charge in [0.2, 0.25) is 5.91 Å². The van der Waals surface area contributed by atoms with Crippen LogP contribution in [-0.4, -0.2) is 44.6 Å². The second kappa shape index (κ2) is 6.76. The van der Waals surface area contributed by atoms with E-state index in [4.69, 9.17) is 14.3 Å². The van der Waals surface area contributed by atoms with E-state index in [1.165, 1.54) is 12.2 Å². The smallest absolute Gasteiger partial charge is 0.248 e. The van der Waals surface area contributed by atoms with Crippen molar-refractivity contribution in [3.63, 3.8) is 0 Å². The number of carbonyl (C=O) groups is 1. The molecule has 1 atom stereocenters. The number of hydrogen-bond acceptors (Lipinski definition) is 4. The van der Waals surface area contributed by atoms with Gasteiger partial charge in [-0.15, -0.1) is 0 Å². The lowest BCUT2D eigenvalue weighted by Crippen LogP contribution is -2.28. The maximum Gasteiger partial charge on any atom is 0.248 e. The van der Waals surface area contributed by atoms with Gasteiger partial charge in [0, 0.05) is 13.7 Å². The largest absolute Gasteiger partial charge is 0.353 e. The van der Waals surface area contributed by atoms with Gasteiger partial charge in [0.15, 0.2) is 6.29 Å². The molecule has 0 aromatic heterocycles. The van der Waals surface area contributed by atoms with Crippen molar-refractivity contribution in [3.8, 4) is 0 Å². The minimum absolute atomic E-state index is 0.0895. The normalized spacial score (nSPS) is 21.3. The summed E-state index contributed by atoms with van der Waals surface area (Å²) in [6.07, 6.45) is 3.36. The van der Waals surface area contributed by atoms with Gasteiger partial charge in [0.1, 0.15) is 0 Å². The number of carbonyl (C=O) groups excluding carboxylic acids is 1. The van der Waals surface area contributed by atoms with Crippen LogP contribution in [0.2, 0.25) is 0 Å². The van der Waals surface area contributed by atoms with Gasteiger partial charge in [-0.3, -0.25) is 9.63 Å². The van der Waals surface area contributed by atoms with E-state index in [9.17, 15) is 4.79 Å². The summed E-state index contributed by atoms with van der Waals surface area (Å²) in [4.78, 5) is 16.0. The van der Waals surface area contributed by atoms with Crippen LogP contribution in [0.15, 0.2) is 0 Å². The minimum Gasteiger partial charge on any atom is -0.353 e. The van der Waals surface area contributed by atoms with E-state index in [0.717, 1.165) is 25.9 Å². The van der Waals surface area contributed by atoms with E-state index >= 15 is 0 Å². The van der Waals surface area contributed by atoms with Crippen molar-refractivity contribution in [1.82, 2.24) is 5.06 Å². The van der Waals surface area contributed by atoms with Crippen LogP contribution >= 0.6 is 0 Å². The average Bonchev–Trinajstić information content (AvgIpc) is 2.29. The summed E-state index contributed by atoms with van der Waals surface area (Å²) >= 11 is 0. The number of hydrogen-bond donors (Lipinski definition) is 0. The van der Waals surface area contributed by atoms with Gasteiger partial charge in [-0.25, -0.2) is 5.06 Å². The Labute approximate surface area is 90.2 Å². The standard InChI is InChI=1S/C10H19NO4/c1-11(13-2)9(12)6-8-15-10-5-3-4-7-14-10/h10H,3-8H2,1-2H3. The van der Waals surface area contributed by atoms with E-state index in [1.54, 1.807) is 7.05 Å². The minimum atomic E-state index is -0.126. The molecule has 0 aliphatic carbocycles. The van der Waals surface area contributed by atoms with Gasteiger partial charge in [0.05, 0.1) is 20.1 Å². The molecule has 1 amide bonds. The topological polar surface area (TPSA) is 48.0 Å². The fourth-order valence-corrected chi connectivity index (χ4v) is 1.38. The Kier molecular flexibility index (Phi) is 5.60. The molecule has 1 aliphatic heterocycles. The van der Waals surface area contributed by atoms with Crippen molar-refractivity contribution >= 4 is 5.91 Å². The summed E-state index contributed by atoms with van der Waals surface area (Å²) in [5.41, 5.74) is 0. The van der Waals surface area contributed by atoms with Gasteiger partial charge in [-0.05, 0) is 19.3 Å². The van der Waals surface area contributed by atoms with Crippen LogP contribution in [0.5, 0.6) is 0 Å². The average molecular weight is 217 g/mol. The van der Waals surface area contributed by atoms with E-state index in [1.807, 2.05) is 0 Å². The number of nitrogens with zero attached hydrogens (tertiary/aromatic N) is 1. The highest BCUT2D eigenvalue weighted by atomic mass is 16.7. The van der Waals surface area contributed by atoms with Crippen LogP contribution in [0.25, 0.3) is 0 Å². The molecule has 1 rings (SSSR count). The van der Waals surface area contributed by atoms with Gasteiger partial charge in [-0.2, -0.15) is 0 Å². The van der Waals surface area contributed by atoms with Crippen molar-refractivity contribution in [3.05, 3.63) is 0 Å². The SMILES string of the molecule is CON(C)C(=O)CCOC1CCCCO1. The maximum absolute atomic E-state index is 11.3. The summed E-state index contributed by atoms with van der Waals surface area (Å²) in [7, 11) is 3.04. The molecule has 0 saturated carbocycles. The predicted molar refractivity (Wildman–Crippen MR) is 53.9 cm³/mol. The molecule has 15 heavy (non-hydrogen) atoms. The van der Waals surface area contributed by atoms with Gasteiger partial charge < -0.3 is 9.47 Å². The van der Waals surface area contributed by atoms with E-state index in [2.05, 4.69) is 0 Å². The summed E-state index contributed by atoms with van der Waals surface area (Å²) in [6.45, 7) is 1.15. The molecule has 1 unspecified atom stereocenters. The molecule has 1 aliphatic rings. The van der Waals surface area contributed by atoms with Crippen molar-refractivity contribution in [2.24, 2.45) is 0 Å². The van der Waals surface area contributed by atoms with Crippen molar-refractivity contribution in [2.45, 2.75) is 32.0 Å². The summed E-state index contributed by atoms with van der Waals surface area (Å²) in [5, 5.41) is 1.20. The lowest BCUT2D eigenvalue weighted by atomic mass is 10.2. The molecule has 0 N–H and O–H groups in total. The summed E-state index contributed by atoms with van der Waals surface area (Å²) < 4.78 is 10.8. The summed E-state index contributed by atoms with van der Waals surface area (Å²) in [5.74, 6) is -0.0895. The quantitative estimate of drug-likeness (QED) is 0.643. The van der Waals surface area contributed by atoms with Crippen LogP contribution in [0.4, 0.5) is 0 Å². The lowest BCUT2D eigenvalue weighted by molar-refractivity contribution is -0.179. The maximum atomic E-state index is 11.3. The van der Waals surface area contributed by atoms with E-state index in [0.29, 0.717) is 13.0 Å². The van der Waals surface area contributed by atoms with Crippen LogP contribution in [-0.2, 0) is 19.1 Å². The molecular weight excluding hydrogens is 198 g/mol. The van der Waals surface area contributed by atoms with Crippen LogP contribution < -0.4 is 0 Å². The number of amides is 1. The molecule has 0 bridgehead atoms. The molecule has 0 radical (unpaired) electrons. The fraction of sp³-hybridized carbons (Fsp3) is 0.900. The molecule has 1 fully saturated rings. The highest BCUT2D eigenvalue weighted by Gasteiger charge is 2.15. The van der Waals surface area contributed by atoms with Crippen molar-refractivity contribution in [2.75, 3.05) is 27.4 Å². The molecule has 5 heteroatoms. The zero-order chi connectivity index (χ0) is 11.1. The first-order valence-corrected chi connectivity index (χ1v) is 5.28. The second-order valence-electron chi connectivity index (χ2n) is 3.49. The zero-order valence-electron chi connectivity index (χ0n) is 9.40. The first-order chi connectivity index (χ1) is 7.24. The molecule has 88 valence electrons. The van der Waals surface area contributed by atoms with E-state index in [-0.39, 0.29) is 12.2 Å². The van der Waals surface area contributed by atoms with Gasteiger partial charge in [0.25, 0.3) is 0 Å². The molecule has 1 heterocycles. The number of hydroxylamine groups is 2. The molecule has 0 spiro atoms.